The zero-order chi connectivity index (χ0) is 15.5. The third kappa shape index (κ3) is 4.27. The van der Waals surface area contributed by atoms with Crippen LogP contribution < -0.4 is 5.32 Å². The Morgan fingerprint density at radius 1 is 1.48 bits per heavy atom. The number of aliphatic hydroxyl groups is 1. The van der Waals surface area contributed by atoms with E-state index in [9.17, 15) is 9.90 Å². The fourth-order valence-corrected chi connectivity index (χ4v) is 4.03. The van der Waals surface area contributed by atoms with Gasteiger partial charge in [-0.2, -0.15) is 0 Å². The smallest absolute Gasteiger partial charge is 0.224 e. The summed E-state index contributed by atoms with van der Waals surface area (Å²) in [7, 11) is 0. The lowest BCUT2D eigenvalue weighted by atomic mass is 9.64. The van der Waals surface area contributed by atoms with Gasteiger partial charge in [0.1, 0.15) is 0 Å². The number of hydrogen-bond donors (Lipinski definition) is 2. The van der Waals surface area contributed by atoms with Gasteiger partial charge in [0, 0.05) is 12.4 Å². The second-order valence-electron chi connectivity index (χ2n) is 7.38. The molecule has 1 amide bonds. The first-order valence-electron chi connectivity index (χ1n) is 7.65. The van der Waals surface area contributed by atoms with Crippen LogP contribution in [0.1, 0.15) is 45.6 Å². The molecule has 1 aliphatic carbocycles. The molecule has 0 saturated heterocycles. The van der Waals surface area contributed by atoms with Gasteiger partial charge in [-0.25, -0.2) is 0 Å². The second-order valence-corrected chi connectivity index (χ2v) is 7.38. The first kappa shape index (κ1) is 16.0. The van der Waals surface area contributed by atoms with Crippen LogP contribution in [0.15, 0.2) is 24.5 Å². The van der Waals surface area contributed by atoms with E-state index in [1.54, 1.807) is 12.4 Å². The topological polar surface area (TPSA) is 62.2 Å². The highest BCUT2D eigenvalue weighted by molar-refractivity contribution is 5.79. The van der Waals surface area contributed by atoms with Crippen LogP contribution in [0.25, 0.3) is 0 Å². The number of aromatic nitrogens is 1. The van der Waals surface area contributed by atoms with Gasteiger partial charge in [0.05, 0.1) is 18.6 Å². The van der Waals surface area contributed by atoms with Gasteiger partial charge in [-0.1, -0.05) is 26.8 Å². The first-order chi connectivity index (χ1) is 9.84. The van der Waals surface area contributed by atoms with Crippen molar-refractivity contribution in [1.29, 1.82) is 0 Å². The minimum Gasteiger partial charge on any atom is -0.394 e. The molecule has 0 aromatic carbocycles. The molecule has 2 atom stereocenters. The van der Waals surface area contributed by atoms with E-state index in [-0.39, 0.29) is 17.9 Å². The lowest BCUT2D eigenvalue weighted by Gasteiger charge is -2.47. The van der Waals surface area contributed by atoms with E-state index in [0.717, 1.165) is 24.8 Å². The Morgan fingerprint density at radius 3 is 2.81 bits per heavy atom. The largest absolute Gasteiger partial charge is 0.394 e. The summed E-state index contributed by atoms with van der Waals surface area (Å²) in [6.07, 6.45) is 6.50. The van der Waals surface area contributed by atoms with Crippen LogP contribution >= 0.6 is 0 Å². The molecule has 116 valence electrons. The highest BCUT2D eigenvalue weighted by Gasteiger charge is 2.43. The summed E-state index contributed by atoms with van der Waals surface area (Å²) < 4.78 is 0. The van der Waals surface area contributed by atoms with Gasteiger partial charge in [0.25, 0.3) is 0 Å². The molecule has 0 radical (unpaired) electrons. The monoisotopic (exact) mass is 290 g/mol. The lowest BCUT2D eigenvalue weighted by Crippen LogP contribution is -2.57. The number of nitrogens with one attached hydrogen (secondary N) is 1. The van der Waals surface area contributed by atoms with Crippen LogP contribution in [0.4, 0.5) is 0 Å². The second kappa shape index (κ2) is 6.14. The maximum atomic E-state index is 12.3. The van der Waals surface area contributed by atoms with Crippen molar-refractivity contribution in [3.05, 3.63) is 30.1 Å². The Balaban J connectivity index is 2.06. The lowest BCUT2D eigenvalue weighted by molar-refractivity contribution is -0.124. The van der Waals surface area contributed by atoms with Gasteiger partial charge < -0.3 is 10.4 Å². The van der Waals surface area contributed by atoms with E-state index in [1.165, 1.54) is 0 Å². The summed E-state index contributed by atoms with van der Waals surface area (Å²) in [6, 6.07) is 3.72. The van der Waals surface area contributed by atoms with Crippen molar-refractivity contribution in [1.82, 2.24) is 10.3 Å². The minimum atomic E-state index is -0.486. The van der Waals surface area contributed by atoms with E-state index < -0.39 is 5.54 Å². The van der Waals surface area contributed by atoms with Crippen molar-refractivity contribution < 1.29 is 9.90 Å². The summed E-state index contributed by atoms with van der Waals surface area (Å²) >= 11 is 0. The minimum absolute atomic E-state index is 0.000447. The van der Waals surface area contributed by atoms with Crippen molar-refractivity contribution in [2.75, 3.05) is 6.61 Å². The average molecular weight is 290 g/mol. The van der Waals surface area contributed by atoms with Crippen molar-refractivity contribution in [2.24, 2.45) is 11.3 Å². The molecule has 1 aromatic rings. The number of carbonyl (C=O) groups excluding carboxylic acids is 1. The van der Waals surface area contributed by atoms with Crippen LogP contribution in [0.5, 0.6) is 0 Å². The molecule has 1 aliphatic rings. The average Bonchev–Trinajstić information content (AvgIpc) is 2.37. The predicted octanol–water partition coefficient (Wildman–Crippen LogP) is 2.32. The van der Waals surface area contributed by atoms with Crippen molar-refractivity contribution >= 4 is 5.91 Å². The maximum Gasteiger partial charge on any atom is 0.224 e. The zero-order valence-corrected chi connectivity index (χ0v) is 13.2. The number of nitrogens with zero attached hydrogens (tertiary/aromatic N) is 1. The molecule has 1 fully saturated rings. The molecule has 0 unspecified atom stereocenters. The molecule has 21 heavy (non-hydrogen) atoms. The molecule has 4 nitrogen and oxygen atoms in total. The summed E-state index contributed by atoms with van der Waals surface area (Å²) in [6.45, 7) is 6.61. The molecule has 0 bridgehead atoms. The SMILES string of the molecule is C[C@H]1CC(C)(C)C[C@@](CO)(NC(=O)Cc2cccnc2)C1. The quantitative estimate of drug-likeness (QED) is 0.894. The molecule has 1 heterocycles. The van der Waals surface area contributed by atoms with Crippen LogP contribution in [0.2, 0.25) is 0 Å². The Hall–Kier alpha value is -1.42. The zero-order valence-electron chi connectivity index (χ0n) is 13.2. The summed E-state index contributed by atoms with van der Waals surface area (Å²) in [5, 5.41) is 13.0. The molecular formula is C17H26N2O2. The van der Waals surface area contributed by atoms with Crippen LogP contribution in [-0.2, 0) is 11.2 Å². The van der Waals surface area contributed by atoms with Crippen LogP contribution in [-0.4, -0.2) is 28.1 Å². The third-order valence-electron chi connectivity index (χ3n) is 4.25. The molecule has 2 rings (SSSR count). The Bertz CT molecular complexity index is 487. The van der Waals surface area contributed by atoms with E-state index in [2.05, 4.69) is 31.1 Å². The molecule has 0 aliphatic heterocycles. The van der Waals surface area contributed by atoms with Crippen molar-refractivity contribution in [3.63, 3.8) is 0 Å². The van der Waals surface area contributed by atoms with Gasteiger partial charge in [-0.15, -0.1) is 0 Å². The number of hydrogen-bond acceptors (Lipinski definition) is 3. The maximum absolute atomic E-state index is 12.3. The van der Waals surface area contributed by atoms with Crippen LogP contribution in [0.3, 0.4) is 0 Å². The number of carbonyl (C=O) groups is 1. The van der Waals surface area contributed by atoms with E-state index in [1.807, 2.05) is 12.1 Å². The van der Waals surface area contributed by atoms with E-state index >= 15 is 0 Å². The number of rotatable bonds is 4. The number of aliphatic hydroxyl groups excluding tert-OH is 1. The summed E-state index contributed by atoms with van der Waals surface area (Å²) in [4.78, 5) is 16.3. The Morgan fingerprint density at radius 2 is 2.24 bits per heavy atom. The first-order valence-corrected chi connectivity index (χ1v) is 7.65. The van der Waals surface area contributed by atoms with Crippen LogP contribution in [0, 0.1) is 11.3 Å². The highest BCUT2D eigenvalue weighted by Crippen LogP contribution is 2.43. The predicted molar refractivity (Wildman–Crippen MR) is 82.7 cm³/mol. The standard InChI is InChI=1S/C17H26N2O2/c1-13-8-16(2,3)11-17(9-13,12-20)19-15(21)7-14-5-4-6-18-10-14/h4-6,10,13,20H,7-9,11-12H2,1-3H3,(H,19,21)/t13-,17-/m0/s1. The number of amides is 1. The summed E-state index contributed by atoms with van der Waals surface area (Å²) in [5.41, 5.74) is 0.550. The number of pyridine rings is 1. The molecule has 2 N–H and O–H groups in total. The molecule has 1 saturated carbocycles. The van der Waals surface area contributed by atoms with Gasteiger partial charge >= 0.3 is 0 Å². The molecular weight excluding hydrogens is 264 g/mol. The Labute approximate surface area is 127 Å². The highest BCUT2D eigenvalue weighted by atomic mass is 16.3. The third-order valence-corrected chi connectivity index (χ3v) is 4.25. The fourth-order valence-electron chi connectivity index (χ4n) is 4.03. The van der Waals surface area contributed by atoms with E-state index in [4.69, 9.17) is 0 Å². The Kier molecular flexibility index (Phi) is 4.67. The van der Waals surface area contributed by atoms with Crippen molar-refractivity contribution in [3.8, 4) is 0 Å². The summed E-state index contributed by atoms with van der Waals surface area (Å²) in [5.74, 6) is 0.460. The van der Waals surface area contributed by atoms with Gasteiger partial charge in [0.2, 0.25) is 5.91 Å². The molecule has 1 aromatic heterocycles. The van der Waals surface area contributed by atoms with Gasteiger partial charge in [-0.3, -0.25) is 9.78 Å². The van der Waals surface area contributed by atoms with Crippen molar-refractivity contribution in [2.45, 2.75) is 52.0 Å². The van der Waals surface area contributed by atoms with Gasteiger partial charge in [-0.05, 0) is 42.2 Å². The fraction of sp³-hybridized carbons (Fsp3) is 0.647. The van der Waals surface area contributed by atoms with E-state index in [0.29, 0.717) is 12.3 Å². The normalized spacial score (nSPS) is 28.1. The van der Waals surface area contributed by atoms with Gasteiger partial charge in [0.15, 0.2) is 0 Å². The molecule has 4 heteroatoms. The molecule has 0 spiro atoms.